The first-order valence-corrected chi connectivity index (χ1v) is 8.99. The maximum Gasteiger partial charge on any atom is 0.246 e. The predicted molar refractivity (Wildman–Crippen MR) is 105 cm³/mol. The standard InChI is InChI=1S/C22H21N3O2/c23-15-18-8-5-4-7-17(18)12-13-21(26)25-14-6-9-19(16-25)22(27)24-20-10-2-1-3-11-20/h1-5,7-8,10-13,19H,6,9,14,16H2,(H,24,27)/b13-12+. The lowest BCUT2D eigenvalue weighted by Crippen LogP contribution is -2.43. The second-order valence-corrected chi connectivity index (χ2v) is 6.51. The van der Waals surface area contributed by atoms with E-state index < -0.39 is 0 Å². The number of carbonyl (C=O) groups is 2. The van der Waals surface area contributed by atoms with Crippen LogP contribution in [-0.2, 0) is 9.59 Å². The highest BCUT2D eigenvalue weighted by Gasteiger charge is 2.27. The predicted octanol–water partition coefficient (Wildman–Crippen LogP) is 3.45. The van der Waals surface area contributed by atoms with E-state index in [-0.39, 0.29) is 17.7 Å². The number of nitriles is 1. The Labute approximate surface area is 158 Å². The van der Waals surface area contributed by atoms with E-state index in [1.54, 1.807) is 29.2 Å². The molecular formula is C22H21N3O2. The number of nitrogens with one attached hydrogen (secondary N) is 1. The first-order valence-electron chi connectivity index (χ1n) is 8.99. The van der Waals surface area contributed by atoms with Gasteiger partial charge in [0.25, 0.3) is 0 Å². The van der Waals surface area contributed by atoms with Crippen LogP contribution in [0.3, 0.4) is 0 Å². The van der Waals surface area contributed by atoms with E-state index in [9.17, 15) is 9.59 Å². The molecule has 0 bridgehead atoms. The molecule has 2 amide bonds. The molecule has 0 spiro atoms. The topological polar surface area (TPSA) is 73.2 Å². The molecule has 1 heterocycles. The summed E-state index contributed by atoms with van der Waals surface area (Å²) in [5.74, 6) is -0.417. The van der Waals surface area contributed by atoms with E-state index in [0.717, 1.165) is 18.5 Å². The first-order chi connectivity index (χ1) is 13.2. The van der Waals surface area contributed by atoms with Crippen molar-refractivity contribution in [2.45, 2.75) is 12.8 Å². The zero-order valence-corrected chi connectivity index (χ0v) is 15.0. The summed E-state index contributed by atoms with van der Waals surface area (Å²) < 4.78 is 0. The normalized spacial score (nSPS) is 16.7. The maximum absolute atomic E-state index is 12.5. The van der Waals surface area contributed by atoms with Gasteiger partial charge >= 0.3 is 0 Å². The van der Waals surface area contributed by atoms with Gasteiger partial charge in [0.1, 0.15) is 0 Å². The van der Waals surface area contributed by atoms with Crippen molar-refractivity contribution >= 4 is 23.6 Å². The number of amides is 2. The molecule has 2 aromatic carbocycles. The van der Waals surface area contributed by atoms with E-state index in [4.69, 9.17) is 5.26 Å². The fourth-order valence-electron chi connectivity index (χ4n) is 3.17. The van der Waals surface area contributed by atoms with Crippen LogP contribution >= 0.6 is 0 Å². The van der Waals surface area contributed by atoms with Crippen molar-refractivity contribution in [2.24, 2.45) is 5.92 Å². The molecule has 27 heavy (non-hydrogen) atoms. The van der Waals surface area contributed by atoms with Crippen molar-refractivity contribution in [3.8, 4) is 6.07 Å². The van der Waals surface area contributed by atoms with Gasteiger partial charge in [0, 0.05) is 24.9 Å². The highest BCUT2D eigenvalue weighted by molar-refractivity contribution is 5.95. The Morgan fingerprint density at radius 1 is 1.11 bits per heavy atom. The average molecular weight is 359 g/mol. The highest BCUT2D eigenvalue weighted by Crippen LogP contribution is 2.19. The molecule has 0 saturated carbocycles. The molecule has 2 aromatic rings. The van der Waals surface area contributed by atoms with Crippen LogP contribution in [-0.4, -0.2) is 29.8 Å². The van der Waals surface area contributed by atoms with Crippen molar-refractivity contribution in [2.75, 3.05) is 18.4 Å². The fourth-order valence-corrected chi connectivity index (χ4v) is 3.17. The first kappa shape index (κ1) is 18.4. The van der Waals surface area contributed by atoms with Crippen LogP contribution in [0.4, 0.5) is 5.69 Å². The number of benzene rings is 2. The van der Waals surface area contributed by atoms with Crippen molar-refractivity contribution in [1.29, 1.82) is 5.26 Å². The number of carbonyl (C=O) groups excluding carboxylic acids is 2. The number of nitrogens with zero attached hydrogens (tertiary/aromatic N) is 2. The third-order valence-electron chi connectivity index (χ3n) is 4.63. The summed E-state index contributed by atoms with van der Waals surface area (Å²) in [6.45, 7) is 1.04. The molecule has 1 N–H and O–H groups in total. The van der Waals surface area contributed by atoms with Crippen LogP contribution in [0.2, 0.25) is 0 Å². The van der Waals surface area contributed by atoms with E-state index in [1.807, 2.05) is 36.4 Å². The number of rotatable bonds is 4. The van der Waals surface area contributed by atoms with Crippen molar-refractivity contribution in [3.05, 3.63) is 71.8 Å². The van der Waals surface area contributed by atoms with Crippen LogP contribution in [0.15, 0.2) is 60.7 Å². The van der Waals surface area contributed by atoms with Crippen molar-refractivity contribution in [1.82, 2.24) is 4.90 Å². The lowest BCUT2D eigenvalue weighted by Gasteiger charge is -2.31. The van der Waals surface area contributed by atoms with Gasteiger partial charge < -0.3 is 10.2 Å². The van der Waals surface area contributed by atoms with Crippen LogP contribution in [0.25, 0.3) is 6.08 Å². The van der Waals surface area contributed by atoms with Crippen molar-refractivity contribution < 1.29 is 9.59 Å². The summed E-state index contributed by atoms with van der Waals surface area (Å²) in [5, 5.41) is 12.0. The van der Waals surface area contributed by atoms with E-state index in [1.165, 1.54) is 6.08 Å². The van der Waals surface area contributed by atoms with E-state index in [0.29, 0.717) is 24.2 Å². The van der Waals surface area contributed by atoms with Gasteiger partial charge in [-0.25, -0.2) is 0 Å². The Balaban J connectivity index is 1.62. The Bertz CT molecular complexity index is 884. The SMILES string of the molecule is N#Cc1ccccc1/C=C/C(=O)N1CCCC(C(=O)Nc2ccccc2)C1. The lowest BCUT2D eigenvalue weighted by molar-refractivity contribution is -0.130. The van der Waals surface area contributed by atoms with Gasteiger partial charge in [-0.1, -0.05) is 36.4 Å². The van der Waals surface area contributed by atoms with E-state index >= 15 is 0 Å². The largest absolute Gasteiger partial charge is 0.338 e. The highest BCUT2D eigenvalue weighted by atomic mass is 16.2. The molecule has 1 aliphatic rings. The molecule has 0 radical (unpaired) electrons. The van der Waals surface area contributed by atoms with Gasteiger partial charge in [0.15, 0.2) is 0 Å². The summed E-state index contributed by atoms with van der Waals surface area (Å²) in [6, 6.07) is 18.6. The number of para-hydroxylation sites is 1. The summed E-state index contributed by atoms with van der Waals surface area (Å²) in [6.07, 6.45) is 4.70. The second-order valence-electron chi connectivity index (χ2n) is 6.51. The zero-order valence-electron chi connectivity index (χ0n) is 15.0. The van der Waals surface area contributed by atoms with Crippen molar-refractivity contribution in [3.63, 3.8) is 0 Å². The van der Waals surface area contributed by atoms with Crippen LogP contribution in [0.5, 0.6) is 0 Å². The van der Waals surface area contributed by atoms with Gasteiger partial charge in [0.2, 0.25) is 11.8 Å². The number of hydrogen-bond acceptors (Lipinski definition) is 3. The molecule has 1 atom stereocenters. The quantitative estimate of drug-likeness (QED) is 0.850. The van der Waals surface area contributed by atoms with Gasteiger partial charge in [-0.05, 0) is 42.7 Å². The molecule has 136 valence electrons. The molecule has 0 aromatic heterocycles. The number of piperidine rings is 1. The zero-order chi connectivity index (χ0) is 19.1. The third kappa shape index (κ3) is 4.83. The fraction of sp³-hybridized carbons (Fsp3) is 0.227. The third-order valence-corrected chi connectivity index (χ3v) is 4.63. The molecule has 1 unspecified atom stereocenters. The molecule has 5 heteroatoms. The molecule has 5 nitrogen and oxygen atoms in total. The van der Waals surface area contributed by atoms with Gasteiger partial charge in [0.05, 0.1) is 17.6 Å². The summed E-state index contributed by atoms with van der Waals surface area (Å²) >= 11 is 0. The van der Waals surface area contributed by atoms with Crippen LogP contribution in [0, 0.1) is 17.2 Å². The molecule has 0 aliphatic carbocycles. The minimum atomic E-state index is -0.220. The molecule has 1 saturated heterocycles. The Morgan fingerprint density at radius 2 is 1.85 bits per heavy atom. The van der Waals surface area contributed by atoms with Gasteiger partial charge in [-0.2, -0.15) is 5.26 Å². The maximum atomic E-state index is 12.5. The average Bonchev–Trinajstić information content (AvgIpc) is 2.73. The van der Waals surface area contributed by atoms with Crippen LogP contribution < -0.4 is 5.32 Å². The minimum Gasteiger partial charge on any atom is -0.338 e. The Morgan fingerprint density at radius 3 is 2.63 bits per heavy atom. The number of likely N-dealkylation sites (tertiary alicyclic amines) is 1. The smallest absolute Gasteiger partial charge is 0.246 e. The van der Waals surface area contributed by atoms with Crippen LogP contribution in [0.1, 0.15) is 24.0 Å². The summed E-state index contributed by atoms with van der Waals surface area (Å²) in [5.41, 5.74) is 2.00. The van der Waals surface area contributed by atoms with Gasteiger partial charge in [-0.3, -0.25) is 9.59 Å². The number of anilines is 1. The Kier molecular flexibility index (Phi) is 6.01. The summed E-state index contributed by atoms with van der Waals surface area (Å²) in [4.78, 5) is 26.7. The summed E-state index contributed by atoms with van der Waals surface area (Å²) in [7, 11) is 0. The monoisotopic (exact) mass is 359 g/mol. The second kappa shape index (κ2) is 8.81. The van der Waals surface area contributed by atoms with E-state index in [2.05, 4.69) is 11.4 Å². The molecule has 3 rings (SSSR count). The van der Waals surface area contributed by atoms with Gasteiger partial charge in [-0.15, -0.1) is 0 Å². The lowest BCUT2D eigenvalue weighted by atomic mass is 9.97. The number of hydrogen-bond donors (Lipinski definition) is 1. The molecular weight excluding hydrogens is 338 g/mol. The minimum absolute atomic E-state index is 0.0579. The molecule has 1 fully saturated rings. The molecule has 1 aliphatic heterocycles. The Hall–Kier alpha value is -3.39.